The van der Waals surface area contributed by atoms with Crippen LogP contribution >= 0.6 is 0 Å². The number of para-hydroxylation sites is 3. The number of aromatic hydroxyl groups is 1. The number of piperidine rings is 2. The molecule has 21 nitrogen and oxygen atoms in total. The molecule has 4 fully saturated rings. The first-order chi connectivity index (χ1) is 41.5. The molecule has 2 saturated carbocycles. The number of hydrogen-bond donors (Lipinski definition) is 3. The number of aryl methyl sites for hydroxylation is 1. The third-order valence-corrected chi connectivity index (χ3v) is 18.2. The molecule has 0 radical (unpaired) electrons. The molecule has 2 bridgehead atoms. The summed E-state index contributed by atoms with van der Waals surface area (Å²) in [6.45, 7) is 12.2. The number of Topliss-reactive ketones (excluding diaryl/α,β-unsaturated/α-hetero) is 1. The lowest BCUT2D eigenvalue weighted by atomic mass is 9.49. The number of ketones is 1. The second kappa shape index (κ2) is 24.3. The van der Waals surface area contributed by atoms with E-state index in [1.807, 2.05) is 61.2 Å². The minimum atomic E-state index is -1.50. The van der Waals surface area contributed by atoms with Gasteiger partial charge in [0.1, 0.15) is 17.2 Å². The number of hydrogen-bond acceptors (Lipinski definition) is 17. The van der Waals surface area contributed by atoms with E-state index in [0.717, 1.165) is 81.1 Å². The summed E-state index contributed by atoms with van der Waals surface area (Å²) in [5.41, 5.74) is 0.960. The Labute approximate surface area is 498 Å². The number of benzene rings is 5. The van der Waals surface area contributed by atoms with Crippen molar-refractivity contribution in [1.82, 2.24) is 29.6 Å². The molecule has 3 N–H and O–H groups in total. The van der Waals surface area contributed by atoms with Crippen LogP contribution in [0.2, 0.25) is 0 Å². The van der Waals surface area contributed by atoms with Gasteiger partial charge < -0.3 is 49.0 Å². The molecule has 7 aliphatic rings. The molecule has 3 aliphatic carbocycles. The van der Waals surface area contributed by atoms with Gasteiger partial charge in [-0.2, -0.15) is 9.36 Å². The lowest BCUT2D eigenvalue weighted by Crippen LogP contribution is -2.76. The maximum Gasteiger partial charge on any atom is 0.363 e. The molecule has 452 valence electrons. The van der Waals surface area contributed by atoms with Crippen molar-refractivity contribution in [3.63, 3.8) is 0 Å². The Bertz CT molecular complexity index is 3500. The zero-order valence-electron chi connectivity index (χ0n) is 49.2. The van der Waals surface area contributed by atoms with Gasteiger partial charge in [-0.15, -0.1) is 0 Å². The fourth-order valence-electron chi connectivity index (χ4n) is 13.9. The van der Waals surface area contributed by atoms with E-state index in [1.165, 1.54) is 36.1 Å². The summed E-state index contributed by atoms with van der Waals surface area (Å²) >= 11 is 0. The quantitative estimate of drug-likeness (QED) is 0.0713. The number of tetrazole rings is 1. The van der Waals surface area contributed by atoms with E-state index in [1.54, 1.807) is 79.9 Å². The Kier molecular flexibility index (Phi) is 16.8. The summed E-state index contributed by atoms with van der Waals surface area (Å²) in [6, 6.07) is 33.8. The van der Waals surface area contributed by atoms with Gasteiger partial charge in [0.15, 0.2) is 23.4 Å². The molecular weight excluding hydrogens is 1100 g/mol. The van der Waals surface area contributed by atoms with Gasteiger partial charge in [-0.1, -0.05) is 67.6 Å². The maximum atomic E-state index is 13.4. The average molecular weight is 1180 g/mol. The highest BCUT2D eigenvalue weighted by atomic mass is 16.5. The second-order valence-corrected chi connectivity index (χ2v) is 23.4. The van der Waals surface area contributed by atoms with E-state index in [4.69, 9.17) is 23.7 Å². The smallest absolute Gasteiger partial charge is 0.363 e. The highest BCUT2D eigenvalue weighted by molar-refractivity contribution is 6.04. The number of methoxy groups -OCH3 is 1. The summed E-state index contributed by atoms with van der Waals surface area (Å²) in [6.07, 6.45) is 6.38. The normalized spacial score (nSPS) is 22.8. The number of anilines is 2. The number of fused-ring (bicyclic) bond motifs is 1. The Balaban J connectivity index is 0.000000135. The molecule has 2 amide bonds. The lowest BCUT2D eigenvalue weighted by Gasteiger charge is -2.62. The van der Waals surface area contributed by atoms with Crippen LogP contribution in [0.4, 0.5) is 11.4 Å². The number of phenolic OH excluding ortho intramolecular Hbond substituents is 1. The Morgan fingerprint density at radius 1 is 0.767 bits per heavy atom. The Morgan fingerprint density at radius 3 is 2.01 bits per heavy atom. The first kappa shape index (κ1) is 59.5. The summed E-state index contributed by atoms with van der Waals surface area (Å²) in [7, 11) is 1.69. The first-order valence-electron chi connectivity index (χ1n) is 29.8. The number of amides is 2. The molecule has 0 unspecified atom stereocenters. The molecule has 86 heavy (non-hydrogen) atoms. The molecule has 13 rings (SSSR count). The van der Waals surface area contributed by atoms with Crippen LogP contribution in [-0.2, 0) is 59.2 Å². The molecule has 4 atom stereocenters. The third-order valence-electron chi connectivity index (χ3n) is 18.2. The molecule has 5 aromatic carbocycles. The van der Waals surface area contributed by atoms with Crippen molar-refractivity contribution in [1.29, 1.82) is 0 Å². The fraction of sp³-hybridized carbons (Fsp3) is 0.446. The van der Waals surface area contributed by atoms with Gasteiger partial charge in [-0.25, -0.2) is 4.79 Å². The Morgan fingerprint density at radius 2 is 1.41 bits per heavy atom. The third kappa shape index (κ3) is 10.9. The van der Waals surface area contributed by atoms with Gasteiger partial charge in [-0.3, -0.25) is 28.9 Å². The molecule has 1 spiro atoms. The van der Waals surface area contributed by atoms with Crippen LogP contribution in [0.3, 0.4) is 0 Å². The van der Waals surface area contributed by atoms with Crippen molar-refractivity contribution in [2.45, 2.75) is 133 Å². The van der Waals surface area contributed by atoms with Crippen LogP contribution < -0.4 is 34.9 Å². The summed E-state index contributed by atoms with van der Waals surface area (Å²) in [4.78, 5) is 80.4. The predicted octanol–water partition coefficient (Wildman–Crippen LogP) is 6.72. The van der Waals surface area contributed by atoms with Crippen LogP contribution in [0.25, 0.3) is 0 Å². The van der Waals surface area contributed by atoms with E-state index in [-0.39, 0.29) is 40.6 Å². The SMILES string of the molecule is CC(=O)Oc1ccc(C2(c3ccc(OC(C)=O)cc3)Oc3ccccc3NC2=O)cc1.CCC(=O)N(c1ccccc1)C1(COC)CCN(CCn2nnn(CC)c2=O)CC1.O=C1CC[C@@]2(O)[C@H]3Cc4ccc(O)c5c4[C@@]2(CCN3CC2CC2)[C@H]1O5. The number of esters is 2. The number of nitrogens with one attached hydrogen (secondary N) is 1. The van der Waals surface area contributed by atoms with Crippen molar-refractivity contribution in [3.05, 3.63) is 148 Å². The standard InChI is InChI=1S/C24H19NO6.C21H32N6O3.C20H23NO4/c1-15(26)29-19-11-7-17(8-12-19)24(18-9-13-20(14-10-18)30-16(2)27)23(28)25-21-5-3-4-6-22(21)31-24;1-4-19(28)27(18-9-7-6-8-10-18)21(17-30-3)11-13-24(14-12-21)15-16-26-20(29)25(5-2)22-23-26;22-13-4-3-12-9-15-20(24)6-5-14(23)18-19(20,16(12)17(13)25-18)7-8-21(15)10-11-1-2-11/h3-14H,1-2H3,(H,25,28);6-10H,4-5,11-17H2,1-3H3;3-4,11,15,18,22,24H,1-2,5-10H2/t;;15-,18+,19+,20-/m..1/s1. The van der Waals surface area contributed by atoms with Crippen molar-refractivity contribution in [2.75, 3.05) is 56.7 Å². The molecule has 2 saturated heterocycles. The Hall–Kier alpha value is -8.24. The highest BCUT2D eigenvalue weighted by Crippen LogP contribution is 2.65. The van der Waals surface area contributed by atoms with Crippen LogP contribution in [-0.4, -0.2) is 139 Å². The van der Waals surface area contributed by atoms with Gasteiger partial charge in [0, 0.05) is 94.9 Å². The van der Waals surface area contributed by atoms with E-state index in [2.05, 4.69) is 25.5 Å². The number of ether oxygens (including phenoxy) is 5. The molecule has 21 heteroatoms. The van der Waals surface area contributed by atoms with Crippen LogP contribution in [0, 0.1) is 5.92 Å². The van der Waals surface area contributed by atoms with E-state index >= 15 is 0 Å². The zero-order valence-corrected chi connectivity index (χ0v) is 49.2. The second-order valence-electron chi connectivity index (χ2n) is 23.4. The predicted molar refractivity (Wildman–Crippen MR) is 316 cm³/mol. The number of rotatable bonds is 15. The minimum Gasteiger partial charge on any atom is -0.504 e. The minimum absolute atomic E-state index is 0.0454. The van der Waals surface area contributed by atoms with E-state index in [0.29, 0.717) is 78.8 Å². The molecule has 5 heterocycles. The van der Waals surface area contributed by atoms with E-state index < -0.39 is 34.7 Å². The van der Waals surface area contributed by atoms with Crippen LogP contribution in [0.15, 0.2) is 120 Å². The van der Waals surface area contributed by atoms with Crippen molar-refractivity contribution in [2.24, 2.45) is 5.92 Å². The molecule has 1 aromatic heterocycles. The summed E-state index contributed by atoms with van der Waals surface area (Å²) < 4.78 is 30.9. The monoisotopic (exact) mass is 1170 g/mol. The zero-order chi connectivity index (χ0) is 60.5. The summed E-state index contributed by atoms with van der Waals surface area (Å²) in [5.74, 6) is 1.45. The lowest BCUT2D eigenvalue weighted by molar-refractivity contribution is -0.188. The number of phenols is 1. The van der Waals surface area contributed by atoms with Crippen molar-refractivity contribution < 1.29 is 57.9 Å². The molecule has 4 aliphatic heterocycles. The highest BCUT2D eigenvalue weighted by Gasteiger charge is 2.73. The number of likely N-dealkylation sites (tertiary alicyclic amines) is 2. The van der Waals surface area contributed by atoms with Crippen molar-refractivity contribution in [3.8, 4) is 28.7 Å². The number of aliphatic hydroxyl groups is 1. The topological polar surface area (TPSA) is 246 Å². The fourth-order valence-corrected chi connectivity index (χ4v) is 13.9. The van der Waals surface area contributed by atoms with Gasteiger partial charge in [-0.05, 0) is 135 Å². The van der Waals surface area contributed by atoms with Crippen molar-refractivity contribution >= 4 is 40.9 Å². The number of aromatic nitrogens is 4. The number of nitrogens with zero attached hydrogens (tertiary/aromatic N) is 7. The first-order valence-corrected chi connectivity index (χ1v) is 29.8. The average Bonchev–Trinajstić information content (AvgIpc) is 1.40. The van der Waals surface area contributed by atoms with Crippen LogP contribution in [0.5, 0.6) is 28.7 Å². The van der Waals surface area contributed by atoms with Crippen LogP contribution in [0.1, 0.15) is 101 Å². The van der Waals surface area contributed by atoms with E-state index in [9.17, 15) is 39.0 Å². The van der Waals surface area contributed by atoms with Gasteiger partial charge >= 0.3 is 17.6 Å². The largest absolute Gasteiger partial charge is 0.504 e. The van der Waals surface area contributed by atoms with Gasteiger partial charge in [0.05, 0.1) is 35.4 Å². The molecular formula is C65H74N8O13. The number of carbonyl (C=O) groups excluding carboxylic acids is 5. The summed E-state index contributed by atoms with van der Waals surface area (Å²) in [5, 5.41) is 33.0. The maximum absolute atomic E-state index is 13.4. The number of carbonyl (C=O) groups is 5. The van der Waals surface area contributed by atoms with Gasteiger partial charge in [0.25, 0.3) is 5.91 Å². The molecule has 6 aromatic rings. The van der Waals surface area contributed by atoms with Gasteiger partial charge in [0.2, 0.25) is 11.5 Å².